The monoisotopic (exact) mass is 451 g/mol. The van der Waals surface area contributed by atoms with Gasteiger partial charge in [0.1, 0.15) is 0 Å². The van der Waals surface area contributed by atoms with Crippen molar-refractivity contribution in [1.82, 2.24) is 14.6 Å². The molecule has 0 saturated carbocycles. The van der Waals surface area contributed by atoms with Crippen molar-refractivity contribution in [3.8, 4) is 5.88 Å². The lowest BCUT2D eigenvalue weighted by molar-refractivity contribution is 0.434. The summed E-state index contributed by atoms with van der Waals surface area (Å²) in [4.78, 5) is 4.63. The molecule has 1 N–H and O–H groups in total. The second-order valence-electron chi connectivity index (χ2n) is 6.24. The molecule has 0 radical (unpaired) electrons. The highest BCUT2D eigenvalue weighted by Crippen LogP contribution is 2.29. The Morgan fingerprint density at radius 1 is 1.03 bits per heavy atom. The number of aromatic hydroxyl groups is 1. The summed E-state index contributed by atoms with van der Waals surface area (Å²) in [6.07, 6.45) is 0.417. The van der Waals surface area contributed by atoms with E-state index in [0.717, 1.165) is 23.4 Å². The first kappa shape index (κ1) is 19.9. The summed E-state index contributed by atoms with van der Waals surface area (Å²) in [6, 6.07) is 12.5. The molecule has 29 heavy (non-hydrogen) atoms. The van der Waals surface area contributed by atoms with Gasteiger partial charge in [-0.15, -0.1) is 11.8 Å². The fraction of sp³-hybridized carbons (Fsp3) is 0.100. The van der Waals surface area contributed by atoms with E-state index in [0.29, 0.717) is 33.5 Å². The average Bonchev–Trinajstić information content (AvgIpc) is 3.10. The second kappa shape index (κ2) is 8.18. The summed E-state index contributed by atoms with van der Waals surface area (Å²) in [5.74, 6) is -1.65. The van der Waals surface area contributed by atoms with E-state index in [4.69, 9.17) is 23.2 Å². The number of hydrogen-bond acceptors (Lipinski definition) is 4. The van der Waals surface area contributed by atoms with Crippen LogP contribution in [0.2, 0.25) is 10.0 Å². The van der Waals surface area contributed by atoms with Gasteiger partial charge in [-0.1, -0.05) is 41.4 Å². The largest absolute Gasteiger partial charge is 0.493 e. The Kier molecular flexibility index (Phi) is 5.63. The van der Waals surface area contributed by atoms with E-state index in [2.05, 4.69) is 10.1 Å². The van der Waals surface area contributed by atoms with Gasteiger partial charge in [-0.25, -0.2) is 13.8 Å². The number of fused-ring (bicyclic) bond motifs is 1. The van der Waals surface area contributed by atoms with E-state index in [-0.39, 0.29) is 16.5 Å². The molecule has 2 aromatic carbocycles. The van der Waals surface area contributed by atoms with Crippen molar-refractivity contribution >= 4 is 40.6 Å². The zero-order valence-corrected chi connectivity index (χ0v) is 17.1. The lowest BCUT2D eigenvalue weighted by Gasteiger charge is -2.05. The van der Waals surface area contributed by atoms with Gasteiger partial charge in [0.2, 0.25) is 5.88 Å². The van der Waals surface area contributed by atoms with Gasteiger partial charge in [0.05, 0.1) is 21.4 Å². The van der Waals surface area contributed by atoms with Gasteiger partial charge in [-0.3, -0.25) is 0 Å². The van der Waals surface area contributed by atoms with Crippen LogP contribution < -0.4 is 0 Å². The number of aromatic nitrogens is 3. The predicted molar refractivity (Wildman–Crippen MR) is 110 cm³/mol. The summed E-state index contributed by atoms with van der Waals surface area (Å²) >= 11 is 13.4. The second-order valence-corrected chi connectivity index (χ2v) is 8.04. The van der Waals surface area contributed by atoms with Gasteiger partial charge in [0.25, 0.3) is 0 Å². The molecule has 0 fully saturated rings. The number of thioether (sulfide) groups is 1. The molecule has 4 aromatic rings. The maximum absolute atomic E-state index is 13.8. The molecule has 0 spiro atoms. The molecule has 4 nitrogen and oxygen atoms in total. The van der Waals surface area contributed by atoms with Crippen LogP contribution in [-0.2, 0) is 12.2 Å². The SMILES string of the molecule is Oc1cc(CSc2cccc(F)c2F)nc2cc(Cc3cccc(Cl)c3Cl)nn12. The standard InChI is InChI=1S/C20H13Cl2F2N3OS/c21-14-4-1-3-11(19(14)22)7-12-8-17-25-13(9-18(28)27(17)26-12)10-29-16-6-2-5-15(23)20(16)24/h1-6,8-9,28H,7,10H2. The molecular formula is C20H13Cl2F2N3OS. The van der Waals surface area contributed by atoms with Crippen molar-refractivity contribution in [2.45, 2.75) is 17.1 Å². The minimum Gasteiger partial charge on any atom is -0.493 e. The zero-order valence-electron chi connectivity index (χ0n) is 14.7. The van der Waals surface area contributed by atoms with Crippen LogP contribution in [0.25, 0.3) is 5.65 Å². The van der Waals surface area contributed by atoms with Crippen LogP contribution in [0.4, 0.5) is 8.78 Å². The van der Waals surface area contributed by atoms with Crippen molar-refractivity contribution in [3.05, 3.63) is 87.2 Å². The fourth-order valence-electron chi connectivity index (χ4n) is 2.84. The van der Waals surface area contributed by atoms with Crippen LogP contribution in [0.15, 0.2) is 53.4 Å². The lowest BCUT2D eigenvalue weighted by Crippen LogP contribution is -1.97. The van der Waals surface area contributed by atoms with E-state index in [9.17, 15) is 13.9 Å². The molecule has 0 aliphatic rings. The van der Waals surface area contributed by atoms with E-state index in [1.54, 1.807) is 18.2 Å². The maximum atomic E-state index is 13.8. The molecule has 0 saturated heterocycles. The van der Waals surface area contributed by atoms with Gasteiger partial charge < -0.3 is 5.11 Å². The third-order valence-corrected chi connectivity index (χ3v) is 6.13. The highest BCUT2D eigenvalue weighted by Gasteiger charge is 2.13. The third kappa shape index (κ3) is 4.17. The molecule has 148 valence electrons. The topological polar surface area (TPSA) is 50.4 Å². The Bertz CT molecular complexity index is 1220. The number of halogens is 4. The molecule has 0 bridgehead atoms. The molecular weight excluding hydrogens is 439 g/mol. The number of benzene rings is 2. The summed E-state index contributed by atoms with van der Waals surface area (Å²) < 4.78 is 28.5. The smallest absolute Gasteiger partial charge is 0.215 e. The van der Waals surface area contributed by atoms with E-state index in [1.165, 1.54) is 22.7 Å². The maximum Gasteiger partial charge on any atom is 0.215 e. The summed E-state index contributed by atoms with van der Waals surface area (Å²) in [6.45, 7) is 0. The fourth-order valence-corrected chi connectivity index (χ4v) is 4.08. The number of hydrogen-bond donors (Lipinski definition) is 1. The molecule has 9 heteroatoms. The van der Waals surface area contributed by atoms with E-state index >= 15 is 0 Å². The summed E-state index contributed by atoms with van der Waals surface area (Å²) in [5, 5.41) is 15.6. The van der Waals surface area contributed by atoms with Gasteiger partial charge in [0.15, 0.2) is 17.3 Å². The van der Waals surface area contributed by atoms with Crippen LogP contribution in [-0.4, -0.2) is 19.7 Å². The van der Waals surface area contributed by atoms with E-state index in [1.807, 2.05) is 6.07 Å². The Hall–Kier alpha value is -2.35. The molecule has 2 aromatic heterocycles. The Balaban J connectivity index is 1.58. The van der Waals surface area contributed by atoms with Crippen molar-refractivity contribution in [2.24, 2.45) is 0 Å². The zero-order chi connectivity index (χ0) is 20.5. The average molecular weight is 452 g/mol. The van der Waals surface area contributed by atoms with E-state index < -0.39 is 11.6 Å². The first-order valence-electron chi connectivity index (χ1n) is 8.49. The Morgan fingerprint density at radius 2 is 1.83 bits per heavy atom. The first-order valence-corrected chi connectivity index (χ1v) is 10.2. The predicted octanol–water partition coefficient (Wildman–Crippen LogP) is 5.90. The van der Waals surface area contributed by atoms with Gasteiger partial charge in [-0.05, 0) is 23.8 Å². The Labute approximate surface area is 179 Å². The molecule has 2 heterocycles. The number of rotatable bonds is 5. The van der Waals surface area contributed by atoms with Gasteiger partial charge in [0, 0.05) is 29.2 Å². The van der Waals surface area contributed by atoms with Gasteiger partial charge in [-0.2, -0.15) is 9.61 Å². The normalized spacial score (nSPS) is 11.3. The first-order chi connectivity index (χ1) is 13.9. The molecule has 0 amide bonds. The van der Waals surface area contributed by atoms with Crippen molar-refractivity contribution in [2.75, 3.05) is 0 Å². The molecule has 0 unspecified atom stereocenters. The van der Waals surface area contributed by atoms with Crippen molar-refractivity contribution in [1.29, 1.82) is 0 Å². The summed E-state index contributed by atoms with van der Waals surface area (Å²) in [7, 11) is 0. The third-order valence-electron chi connectivity index (χ3n) is 4.21. The van der Waals surface area contributed by atoms with Crippen molar-refractivity contribution in [3.63, 3.8) is 0 Å². The highest BCUT2D eigenvalue weighted by molar-refractivity contribution is 7.98. The Morgan fingerprint density at radius 3 is 2.66 bits per heavy atom. The van der Waals surface area contributed by atoms with Crippen LogP contribution in [0.3, 0.4) is 0 Å². The quantitative estimate of drug-likeness (QED) is 0.383. The van der Waals surface area contributed by atoms with Gasteiger partial charge >= 0.3 is 0 Å². The van der Waals surface area contributed by atoms with Crippen molar-refractivity contribution < 1.29 is 13.9 Å². The molecule has 0 aliphatic heterocycles. The lowest BCUT2D eigenvalue weighted by atomic mass is 10.1. The molecule has 0 atom stereocenters. The van der Waals surface area contributed by atoms with Crippen LogP contribution >= 0.6 is 35.0 Å². The molecule has 0 aliphatic carbocycles. The number of nitrogens with zero attached hydrogens (tertiary/aromatic N) is 3. The highest BCUT2D eigenvalue weighted by atomic mass is 35.5. The van der Waals surface area contributed by atoms with Crippen LogP contribution in [0, 0.1) is 11.6 Å². The minimum absolute atomic E-state index is 0.103. The summed E-state index contributed by atoms with van der Waals surface area (Å²) in [5.41, 5.74) is 2.40. The molecule has 4 rings (SSSR count). The minimum atomic E-state index is -0.902. The van der Waals surface area contributed by atoms with Crippen LogP contribution in [0.5, 0.6) is 5.88 Å². The van der Waals surface area contributed by atoms with Crippen LogP contribution in [0.1, 0.15) is 17.0 Å².